The van der Waals surface area contributed by atoms with Gasteiger partial charge in [0, 0.05) is 10.9 Å². The number of fused-ring (bicyclic) bond motifs is 1. The van der Waals surface area contributed by atoms with Gasteiger partial charge in [0.25, 0.3) is 11.9 Å². The Morgan fingerprint density at radius 3 is 2.32 bits per heavy atom. The van der Waals surface area contributed by atoms with Crippen molar-refractivity contribution >= 4 is 16.7 Å². The van der Waals surface area contributed by atoms with Gasteiger partial charge < -0.3 is 9.73 Å². The molecule has 0 aliphatic rings. The van der Waals surface area contributed by atoms with Gasteiger partial charge in [-0.25, -0.2) is 0 Å². The fraction of sp³-hybridized carbons (Fsp3) is 0.133. The minimum absolute atomic E-state index is 0.128. The molecule has 0 bridgehead atoms. The summed E-state index contributed by atoms with van der Waals surface area (Å²) in [5.41, 5.74) is 0.480. The van der Waals surface area contributed by atoms with E-state index in [2.05, 4.69) is 10.3 Å². The summed E-state index contributed by atoms with van der Waals surface area (Å²) in [5.74, 6) is -6.15. The summed E-state index contributed by atoms with van der Waals surface area (Å²) in [6, 6.07) is 7.20. The Balaban J connectivity index is 1.93. The summed E-state index contributed by atoms with van der Waals surface area (Å²) in [6.07, 6.45) is 0. The van der Waals surface area contributed by atoms with Crippen molar-refractivity contribution in [1.29, 1.82) is 0 Å². The molecule has 3 nitrogen and oxygen atoms in total. The molecule has 0 spiro atoms. The molecule has 0 fully saturated rings. The number of pyridine rings is 1. The van der Waals surface area contributed by atoms with Crippen LogP contribution in [0.15, 0.2) is 28.7 Å². The predicted molar refractivity (Wildman–Crippen MR) is 72.3 cm³/mol. The summed E-state index contributed by atoms with van der Waals surface area (Å²) in [6.45, 7) is 1.65. The first-order chi connectivity index (χ1) is 10.5. The molecule has 0 saturated heterocycles. The number of nitrogens with one attached hydrogen (secondary N) is 1. The van der Waals surface area contributed by atoms with Crippen molar-refractivity contribution in [2.24, 2.45) is 0 Å². The summed E-state index contributed by atoms with van der Waals surface area (Å²) < 4.78 is 58.6. The molecule has 22 heavy (non-hydrogen) atoms. The highest BCUT2D eigenvalue weighted by molar-refractivity contribution is 5.81. The molecule has 3 aromatic rings. The standard InChI is InChI=1S/C15H10F4N2O/c1-7-8-4-2-3-5-9(8)22-10(7)6-20-13-11(16)14(18)21-15(19)12(13)17/h2-5H,6H2,1H3,(H,20,21). The highest BCUT2D eigenvalue weighted by atomic mass is 19.2. The smallest absolute Gasteiger partial charge is 0.253 e. The van der Waals surface area contributed by atoms with Crippen LogP contribution in [-0.4, -0.2) is 4.98 Å². The summed E-state index contributed by atoms with van der Waals surface area (Å²) in [7, 11) is 0. The van der Waals surface area contributed by atoms with Gasteiger partial charge in [-0.3, -0.25) is 0 Å². The van der Waals surface area contributed by atoms with Crippen LogP contribution in [0.4, 0.5) is 23.2 Å². The third-order valence-electron chi connectivity index (χ3n) is 3.37. The van der Waals surface area contributed by atoms with Crippen LogP contribution in [0.25, 0.3) is 11.0 Å². The van der Waals surface area contributed by atoms with Crippen LogP contribution >= 0.6 is 0 Å². The second-order valence-corrected chi connectivity index (χ2v) is 4.70. The van der Waals surface area contributed by atoms with Crippen molar-refractivity contribution < 1.29 is 22.0 Å². The van der Waals surface area contributed by atoms with Gasteiger partial charge in [0.1, 0.15) is 17.0 Å². The van der Waals surface area contributed by atoms with Gasteiger partial charge in [-0.1, -0.05) is 18.2 Å². The van der Waals surface area contributed by atoms with Crippen molar-refractivity contribution in [1.82, 2.24) is 4.98 Å². The highest BCUT2D eigenvalue weighted by Crippen LogP contribution is 2.27. The van der Waals surface area contributed by atoms with Gasteiger partial charge in [-0.2, -0.15) is 22.5 Å². The van der Waals surface area contributed by atoms with E-state index in [4.69, 9.17) is 4.42 Å². The Bertz CT molecular complexity index is 834. The number of anilines is 1. The van der Waals surface area contributed by atoms with E-state index in [1.54, 1.807) is 19.1 Å². The number of rotatable bonds is 3. The van der Waals surface area contributed by atoms with Gasteiger partial charge >= 0.3 is 0 Å². The van der Waals surface area contributed by atoms with E-state index in [0.717, 1.165) is 10.9 Å². The van der Waals surface area contributed by atoms with Crippen molar-refractivity contribution in [3.63, 3.8) is 0 Å². The number of aromatic nitrogens is 1. The van der Waals surface area contributed by atoms with E-state index in [-0.39, 0.29) is 6.54 Å². The maximum Gasteiger partial charge on any atom is 0.253 e. The van der Waals surface area contributed by atoms with Crippen LogP contribution < -0.4 is 5.32 Å². The van der Waals surface area contributed by atoms with Gasteiger partial charge in [-0.15, -0.1) is 0 Å². The topological polar surface area (TPSA) is 38.1 Å². The van der Waals surface area contributed by atoms with E-state index in [0.29, 0.717) is 11.3 Å². The first kappa shape index (κ1) is 14.4. The number of para-hydroxylation sites is 1. The zero-order chi connectivity index (χ0) is 15.9. The minimum atomic E-state index is -1.71. The molecular weight excluding hydrogens is 300 g/mol. The highest BCUT2D eigenvalue weighted by Gasteiger charge is 2.21. The first-order valence-electron chi connectivity index (χ1n) is 6.40. The molecule has 2 heterocycles. The quantitative estimate of drug-likeness (QED) is 0.579. The molecule has 2 aromatic heterocycles. The molecule has 0 amide bonds. The predicted octanol–water partition coefficient (Wildman–Crippen LogP) is 4.30. The molecule has 0 saturated carbocycles. The van der Waals surface area contributed by atoms with Crippen molar-refractivity contribution in [2.45, 2.75) is 13.5 Å². The third-order valence-corrected chi connectivity index (χ3v) is 3.37. The zero-order valence-electron chi connectivity index (χ0n) is 11.4. The third kappa shape index (κ3) is 2.28. The number of halogens is 4. The van der Waals surface area contributed by atoms with E-state index in [1.165, 1.54) is 0 Å². The van der Waals surface area contributed by atoms with Crippen LogP contribution in [0.3, 0.4) is 0 Å². The Kier molecular flexibility index (Phi) is 3.48. The molecule has 0 unspecified atom stereocenters. The zero-order valence-corrected chi connectivity index (χ0v) is 11.4. The Hall–Kier alpha value is -2.57. The molecule has 0 aliphatic carbocycles. The normalized spacial score (nSPS) is 11.1. The first-order valence-corrected chi connectivity index (χ1v) is 6.40. The number of hydrogen-bond acceptors (Lipinski definition) is 3. The number of aryl methyl sites for hydroxylation is 1. The van der Waals surface area contributed by atoms with Gasteiger partial charge in [-0.05, 0) is 13.0 Å². The maximum absolute atomic E-state index is 13.5. The lowest BCUT2D eigenvalue weighted by atomic mass is 10.1. The van der Waals surface area contributed by atoms with Crippen molar-refractivity contribution in [3.05, 3.63) is 59.1 Å². The summed E-state index contributed by atoms with van der Waals surface area (Å²) in [5, 5.41) is 3.17. The number of hydrogen-bond donors (Lipinski definition) is 1. The van der Waals surface area contributed by atoms with E-state index in [1.807, 2.05) is 12.1 Å². The number of nitrogens with zero attached hydrogens (tertiary/aromatic N) is 1. The second kappa shape index (κ2) is 5.32. The van der Waals surface area contributed by atoms with Crippen LogP contribution in [-0.2, 0) is 6.54 Å². The average molecular weight is 310 g/mol. The van der Waals surface area contributed by atoms with Crippen LogP contribution in [0.2, 0.25) is 0 Å². The lowest BCUT2D eigenvalue weighted by Gasteiger charge is -2.08. The maximum atomic E-state index is 13.5. The number of benzene rings is 1. The molecule has 7 heteroatoms. The SMILES string of the molecule is Cc1c(CNc2c(F)c(F)nc(F)c2F)oc2ccccc12. The fourth-order valence-electron chi connectivity index (χ4n) is 2.20. The molecule has 0 aliphatic heterocycles. The average Bonchev–Trinajstić information content (AvgIpc) is 2.82. The molecule has 1 aromatic carbocycles. The van der Waals surface area contributed by atoms with E-state index >= 15 is 0 Å². The Morgan fingerprint density at radius 1 is 1.05 bits per heavy atom. The van der Waals surface area contributed by atoms with E-state index in [9.17, 15) is 17.6 Å². The lowest BCUT2D eigenvalue weighted by molar-refractivity contribution is 0.410. The van der Waals surface area contributed by atoms with E-state index < -0.39 is 29.2 Å². The van der Waals surface area contributed by atoms with Gasteiger partial charge in [0.15, 0.2) is 0 Å². The minimum Gasteiger partial charge on any atom is -0.459 e. The van der Waals surface area contributed by atoms with Crippen molar-refractivity contribution in [2.75, 3.05) is 5.32 Å². The number of furan rings is 1. The van der Waals surface area contributed by atoms with Crippen LogP contribution in [0, 0.1) is 30.5 Å². The van der Waals surface area contributed by atoms with Crippen LogP contribution in [0.1, 0.15) is 11.3 Å². The second-order valence-electron chi connectivity index (χ2n) is 4.70. The lowest BCUT2D eigenvalue weighted by Crippen LogP contribution is -2.09. The summed E-state index contributed by atoms with van der Waals surface area (Å²) in [4.78, 5) is 2.49. The molecule has 1 N–H and O–H groups in total. The largest absolute Gasteiger partial charge is 0.459 e. The van der Waals surface area contributed by atoms with Gasteiger partial charge in [0.05, 0.1) is 6.54 Å². The molecule has 0 radical (unpaired) electrons. The monoisotopic (exact) mass is 310 g/mol. The fourth-order valence-corrected chi connectivity index (χ4v) is 2.20. The molecule has 0 atom stereocenters. The summed E-state index contributed by atoms with van der Waals surface area (Å²) >= 11 is 0. The molecule has 3 rings (SSSR count). The van der Waals surface area contributed by atoms with Crippen molar-refractivity contribution in [3.8, 4) is 0 Å². The van der Waals surface area contributed by atoms with Crippen LogP contribution in [0.5, 0.6) is 0 Å². The Labute approximate surface area is 122 Å². The van der Waals surface area contributed by atoms with Gasteiger partial charge in [0.2, 0.25) is 11.6 Å². The molecular formula is C15H10F4N2O. The Morgan fingerprint density at radius 2 is 1.68 bits per heavy atom. The molecule has 114 valence electrons.